The number of carbonyl (C=O) groups is 1. The molecule has 1 fully saturated rings. The van der Waals surface area contributed by atoms with Crippen LogP contribution in [0.3, 0.4) is 0 Å². The summed E-state index contributed by atoms with van der Waals surface area (Å²) in [6.45, 7) is 3.63. The SMILES string of the molecule is CCOC(=O)C1CCN(c2nc(-c3cccc(Cl)c3)no2)CC1. The molecule has 0 bridgehead atoms. The van der Waals surface area contributed by atoms with Crippen LogP contribution in [0.25, 0.3) is 11.4 Å². The quantitative estimate of drug-likeness (QED) is 0.799. The van der Waals surface area contributed by atoms with Gasteiger partial charge in [-0.3, -0.25) is 4.79 Å². The second-order valence-electron chi connectivity index (χ2n) is 5.42. The predicted octanol–water partition coefficient (Wildman–Crippen LogP) is 3.17. The Morgan fingerprint density at radius 1 is 1.43 bits per heavy atom. The molecule has 0 radical (unpaired) electrons. The number of esters is 1. The molecule has 1 aromatic heterocycles. The summed E-state index contributed by atoms with van der Waals surface area (Å²) >= 11 is 5.98. The van der Waals surface area contributed by atoms with Crippen LogP contribution in [0, 0.1) is 5.92 Å². The van der Waals surface area contributed by atoms with E-state index in [-0.39, 0.29) is 11.9 Å². The van der Waals surface area contributed by atoms with Gasteiger partial charge in [-0.15, -0.1) is 0 Å². The molecular formula is C16H18ClN3O3. The fourth-order valence-corrected chi connectivity index (χ4v) is 2.85. The summed E-state index contributed by atoms with van der Waals surface area (Å²) in [4.78, 5) is 18.2. The minimum Gasteiger partial charge on any atom is -0.466 e. The molecule has 1 aliphatic heterocycles. The first-order valence-corrected chi connectivity index (χ1v) is 8.06. The number of piperidine rings is 1. The van der Waals surface area contributed by atoms with E-state index in [1.165, 1.54) is 0 Å². The number of benzene rings is 1. The van der Waals surface area contributed by atoms with Gasteiger partial charge in [0.05, 0.1) is 12.5 Å². The van der Waals surface area contributed by atoms with Crippen LogP contribution in [-0.4, -0.2) is 35.8 Å². The fourth-order valence-electron chi connectivity index (χ4n) is 2.66. The van der Waals surface area contributed by atoms with Gasteiger partial charge >= 0.3 is 12.0 Å². The van der Waals surface area contributed by atoms with Crippen LogP contribution in [0.1, 0.15) is 19.8 Å². The van der Waals surface area contributed by atoms with Crippen molar-refractivity contribution in [3.63, 3.8) is 0 Å². The maximum absolute atomic E-state index is 11.8. The first-order valence-electron chi connectivity index (χ1n) is 7.68. The highest BCUT2D eigenvalue weighted by Crippen LogP contribution is 2.26. The van der Waals surface area contributed by atoms with Gasteiger partial charge in [0.1, 0.15) is 0 Å². The molecule has 23 heavy (non-hydrogen) atoms. The summed E-state index contributed by atoms with van der Waals surface area (Å²) in [5.41, 5.74) is 0.814. The Morgan fingerprint density at radius 3 is 2.91 bits per heavy atom. The fraction of sp³-hybridized carbons (Fsp3) is 0.438. The van der Waals surface area contributed by atoms with E-state index in [1.54, 1.807) is 12.1 Å². The first kappa shape index (κ1) is 15.8. The second-order valence-corrected chi connectivity index (χ2v) is 5.86. The van der Waals surface area contributed by atoms with Gasteiger partial charge in [0.25, 0.3) is 0 Å². The van der Waals surface area contributed by atoms with E-state index in [0.29, 0.717) is 36.6 Å². The first-order chi connectivity index (χ1) is 11.2. The Bertz CT molecular complexity index is 681. The number of ether oxygens (including phenoxy) is 1. The minimum atomic E-state index is -0.114. The lowest BCUT2D eigenvalue weighted by molar-refractivity contribution is -0.148. The third kappa shape index (κ3) is 3.64. The van der Waals surface area contributed by atoms with E-state index in [2.05, 4.69) is 10.1 Å². The molecule has 0 N–H and O–H groups in total. The van der Waals surface area contributed by atoms with E-state index in [9.17, 15) is 4.79 Å². The van der Waals surface area contributed by atoms with Gasteiger partial charge in [-0.05, 0) is 31.9 Å². The normalized spacial score (nSPS) is 15.7. The van der Waals surface area contributed by atoms with Crippen LogP contribution >= 0.6 is 11.6 Å². The molecule has 0 aliphatic carbocycles. The predicted molar refractivity (Wildman–Crippen MR) is 86.3 cm³/mol. The second kappa shape index (κ2) is 7.00. The number of halogens is 1. The highest BCUT2D eigenvalue weighted by Gasteiger charge is 2.28. The van der Waals surface area contributed by atoms with Crippen molar-refractivity contribution in [1.82, 2.24) is 10.1 Å². The van der Waals surface area contributed by atoms with Gasteiger partial charge in [-0.1, -0.05) is 28.9 Å². The summed E-state index contributed by atoms with van der Waals surface area (Å²) < 4.78 is 10.4. The molecular weight excluding hydrogens is 318 g/mol. The van der Waals surface area contributed by atoms with Gasteiger partial charge in [-0.2, -0.15) is 4.98 Å². The lowest BCUT2D eigenvalue weighted by atomic mass is 9.97. The molecule has 0 spiro atoms. The summed E-state index contributed by atoms with van der Waals surface area (Å²) in [5.74, 6) is 0.355. The Hall–Kier alpha value is -2.08. The molecule has 7 heteroatoms. The number of rotatable bonds is 4. The van der Waals surface area contributed by atoms with Crippen molar-refractivity contribution >= 4 is 23.6 Å². The van der Waals surface area contributed by atoms with E-state index < -0.39 is 0 Å². The zero-order chi connectivity index (χ0) is 16.2. The third-order valence-electron chi connectivity index (χ3n) is 3.88. The van der Waals surface area contributed by atoms with Crippen molar-refractivity contribution in [3.8, 4) is 11.4 Å². The van der Waals surface area contributed by atoms with Crippen LogP contribution < -0.4 is 4.90 Å². The topological polar surface area (TPSA) is 68.5 Å². The van der Waals surface area contributed by atoms with E-state index in [0.717, 1.165) is 18.4 Å². The molecule has 122 valence electrons. The van der Waals surface area contributed by atoms with Crippen molar-refractivity contribution in [2.45, 2.75) is 19.8 Å². The third-order valence-corrected chi connectivity index (χ3v) is 4.12. The van der Waals surface area contributed by atoms with Crippen molar-refractivity contribution in [2.24, 2.45) is 5.92 Å². The zero-order valence-electron chi connectivity index (χ0n) is 12.9. The molecule has 1 aromatic carbocycles. The van der Waals surface area contributed by atoms with Crippen LogP contribution in [0.2, 0.25) is 5.02 Å². The molecule has 0 unspecified atom stereocenters. The summed E-state index contributed by atoms with van der Waals surface area (Å²) in [6.07, 6.45) is 1.46. The van der Waals surface area contributed by atoms with Crippen LogP contribution in [0.4, 0.5) is 6.01 Å². The van der Waals surface area contributed by atoms with Crippen molar-refractivity contribution in [2.75, 3.05) is 24.6 Å². The number of hydrogen-bond acceptors (Lipinski definition) is 6. The van der Waals surface area contributed by atoms with Gasteiger partial charge in [0, 0.05) is 23.7 Å². The highest BCUT2D eigenvalue weighted by atomic mass is 35.5. The molecule has 2 heterocycles. The van der Waals surface area contributed by atoms with Gasteiger partial charge in [-0.25, -0.2) is 0 Å². The Kier molecular flexibility index (Phi) is 4.81. The number of carbonyl (C=O) groups excluding carboxylic acids is 1. The van der Waals surface area contributed by atoms with E-state index in [4.69, 9.17) is 20.9 Å². The smallest absolute Gasteiger partial charge is 0.324 e. The highest BCUT2D eigenvalue weighted by molar-refractivity contribution is 6.30. The van der Waals surface area contributed by atoms with Crippen molar-refractivity contribution in [3.05, 3.63) is 29.3 Å². The van der Waals surface area contributed by atoms with E-state index in [1.807, 2.05) is 24.0 Å². The Labute approximate surface area is 139 Å². The molecule has 1 saturated heterocycles. The number of anilines is 1. The molecule has 6 nitrogen and oxygen atoms in total. The average Bonchev–Trinajstić information content (AvgIpc) is 3.05. The lowest BCUT2D eigenvalue weighted by Gasteiger charge is -2.29. The summed E-state index contributed by atoms with van der Waals surface area (Å²) in [7, 11) is 0. The largest absolute Gasteiger partial charge is 0.466 e. The monoisotopic (exact) mass is 335 g/mol. The van der Waals surface area contributed by atoms with Crippen LogP contribution in [-0.2, 0) is 9.53 Å². The molecule has 2 aromatic rings. The number of aromatic nitrogens is 2. The summed E-state index contributed by atoms with van der Waals surface area (Å²) in [5, 5.41) is 4.64. The molecule has 0 atom stereocenters. The van der Waals surface area contributed by atoms with E-state index >= 15 is 0 Å². The molecule has 0 amide bonds. The van der Waals surface area contributed by atoms with Gasteiger partial charge in [0.15, 0.2) is 0 Å². The van der Waals surface area contributed by atoms with Gasteiger partial charge in [0.2, 0.25) is 5.82 Å². The van der Waals surface area contributed by atoms with Gasteiger partial charge < -0.3 is 14.2 Å². The minimum absolute atomic E-state index is 0.0403. The Morgan fingerprint density at radius 2 is 2.22 bits per heavy atom. The number of hydrogen-bond donors (Lipinski definition) is 0. The van der Waals surface area contributed by atoms with Crippen LogP contribution in [0.5, 0.6) is 0 Å². The number of nitrogens with zero attached hydrogens (tertiary/aromatic N) is 3. The zero-order valence-corrected chi connectivity index (χ0v) is 13.6. The maximum Gasteiger partial charge on any atom is 0.324 e. The van der Waals surface area contributed by atoms with Crippen molar-refractivity contribution < 1.29 is 14.1 Å². The summed E-state index contributed by atoms with van der Waals surface area (Å²) in [6, 6.07) is 7.80. The standard InChI is InChI=1S/C16H18ClN3O3/c1-2-22-15(21)11-6-8-20(9-7-11)16-18-14(19-23-16)12-4-3-5-13(17)10-12/h3-5,10-11H,2,6-9H2,1H3. The average molecular weight is 336 g/mol. The van der Waals surface area contributed by atoms with Crippen LogP contribution in [0.15, 0.2) is 28.8 Å². The molecule has 0 saturated carbocycles. The Balaban J connectivity index is 1.65. The molecule has 3 rings (SSSR count). The lowest BCUT2D eigenvalue weighted by Crippen LogP contribution is -2.37. The maximum atomic E-state index is 11.8. The van der Waals surface area contributed by atoms with Crippen molar-refractivity contribution in [1.29, 1.82) is 0 Å². The molecule has 1 aliphatic rings.